The second kappa shape index (κ2) is 11.4. The van der Waals surface area contributed by atoms with Gasteiger partial charge in [-0.3, -0.25) is 0 Å². The summed E-state index contributed by atoms with van der Waals surface area (Å²) in [7, 11) is 0. The van der Waals surface area contributed by atoms with Crippen LogP contribution < -0.4 is 4.90 Å². The Balaban J connectivity index is 1.00. The molecule has 1 aliphatic heterocycles. The van der Waals surface area contributed by atoms with Crippen molar-refractivity contribution < 1.29 is 0 Å². The summed E-state index contributed by atoms with van der Waals surface area (Å²) in [4.78, 5) is 2.55. The van der Waals surface area contributed by atoms with Gasteiger partial charge in [-0.25, -0.2) is 0 Å². The van der Waals surface area contributed by atoms with E-state index in [0.29, 0.717) is 5.92 Å². The lowest BCUT2D eigenvalue weighted by molar-refractivity contribution is 0.704. The predicted octanol–water partition coefficient (Wildman–Crippen LogP) is 13.8. The molecule has 0 saturated carbocycles. The van der Waals surface area contributed by atoms with Crippen molar-refractivity contribution in [2.24, 2.45) is 5.92 Å². The number of fused-ring (bicyclic) bond motifs is 12. The minimum Gasteiger partial charge on any atom is -0.313 e. The highest BCUT2D eigenvalue weighted by Crippen LogP contribution is 2.51. The maximum absolute atomic E-state index is 2.55. The van der Waals surface area contributed by atoms with Crippen LogP contribution in [0, 0.1) is 5.92 Å². The van der Waals surface area contributed by atoms with Gasteiger partial charge >= 0.3 is 0 Å². The Bertz CT molecular complexity index is 3160. The lowest BCUT2D eigenvalue weighted by Gasteiger charge is -2.29. The summed E-state index contributed by atoms with van der Waals surface area (Å²) in [6.45, 7) is 0. The Morgan fingerprint density at radius 1 is 0.500 bits per heavy atom. The number of aromatic nitrogens is 1. The lowest BCUT2D eigenvalue weighted by Crippen LogP contribution is -2.20. The number of anilines is 1. The van der Waals surface area contributed by atoms with Crippen LogP contribution in [0.5, 0.6) is 0 Å². The number of allylic oxidation sites excluding steroid dienone is 6. The zero-order valence-electron chi connectivity index (χ0n) is 29.8. The molecule has 54 heavy (non-hydrogen) atoms. The maximum atomic E-state index is 2.55. The van der Waals surface area contributed by atoms with Crippen LogP contribution in [-0.2, 0) is 0 Å². The van der Waals surface area contributed by atoms with Gasteiger partial charge in [-0.15, -0.1) is 0 Å². The molecule has 3 aliphatic rings. The van der Waals surface area contributed by atoms with Gasteiger partial charge in [0, 0.05) is 39.2 Å². The smallest absolute Gasteiger partial charge is 0.0541 e. The summed E-state index contributed by atoms with van der Waals surface area (Å²) >= 11 is 0. The molecular formula is C52H36N2. The first-order chi connectivity index (χ1) is 26.8. The van der Waals surface area contributed by atoms with Gasteiger partial charge in [-0.05, 0) is 122 Å². The van der Waals surface area contributed by atoms with Gasteiger partial charge in [0.1, 0.15) is 0 Å². The highest BCUT2D eigenvalue weighted by atomic mass is 15.2. The largest absolute Gasteiger partial charge is 0.313 e. The SMILES string of the molecule is C1=CC2=C(CC1)C1CC(c3ccc4c(c3)c3ccccc3n4-c3ccc4c5ccccc5c5ccccc5c4c3)=CC=C1N2c1cccc2ccccc12. The molecule has 0 bridgehead atoms. The fraction of sp³-hybridized carbons (Fsp3) is 0.0769. The first-order valence-corrected chi connectivity index (χ1v) is 19.3. The molecule has 2 nitrogen and oxygen atoms in total. The van der Waals surface area contributed by atoms with Crippen LogP contribution in [-0.4, -0.2) is 4.57 Å². The number of para-hydroxylation sites is 1. The fourth-order valence-corrected chi connectivity index (χ4v) is 9.98. The molecule has 0 radical (unpaired) electrons. The average Bonchev–Trinajstić information content (AvgIpc) is 3.75. The number of rotatable bonds is 3. The quantitative estimate of drug-likeness (QED) is 0.168. The Morgan fingerprint density at radius 3 is 1.98 bits per heavy atom. The summed E-state index contributed by atoms with van der Waals surface area (Å²) in [5.74, 6) is 0.379. The van der Waals surface area contributed by atoms with Crippen molar-refractivity contribution >= 4 is 76.2 Å². The maximum Gasteiger partial charge on any atom is 0.0541 e. The minimum atomic E-state index is 0.379. The van der Waals surface area contributed by atoms with Crippen LogP contribution in [0.1, 0.15) is 24.8 Å². The van der Waals surface area contributed by atoms with Crippen molar-refractivity contribution in [2.45, 2.75) is 19.3 Å². The molecule has 1 atom stereocenters. The van der Waals surface area contributed by atoms with E-state index in [1.807, 2.05) is 0 Å². The molecule has 1 unspecified atom stereocenters. The van der Waals surface area contributed by atoms with E-state index in [1.54, 1.807) is 5.57 Å². The van der Waals surface area contributed by atoms with E-state index < -0.39 is 0 Å². The van der Waals surface area contributed by atoms with E-state index in [0.717, 1.165) is 19.3 Å². The van der Waals surface area contributed by atoms with Crippen molar-refractivity contribution in [2.75, 3.05) is 4.90 Å². The van der Waals surface area contributed by atoms with E-state index in [1.165, 1.54) is 98.8 Å². The third-order valence-corrected chi connectivity index (χ3v) is 12.4. The molecule has 9 aromatic rings. The van der Waals surface area contributed by atoms with Crippen LogP contribution in [0.4, 0.5) is 5.69 Å². The molecule has 2 heteroatoms. The van der Waals surface area contributed by atoms with Gasteiger partial charge in [-0.1, -0.05) is 127 Å². The zero-order valence-corrected chi connectivity index (χ0v) is 29.8. The van der Waals surface area contributed by atoms with Gasteiger partial charge < -0.3 is 9.47 Å². The Kier molecular flexibility index (Phi) is 6.32. The van der Waals surface area contributed by atoms with Crippen LogP contribution >= 0.6 is 0 Å². The Labute approximate surface area is 313 Å². The summed E-state index contributed by atoms with van der Waals surface area (Å²) in [5, 5.41) is 13.0. The molecule has 0 saturated heterocycles. The highest BCUT2D eigenvalue weighted by Gasteiger charge is 2.38. The Hall–Kier alpha value is -6.64. The number of hydrogen-bond donors (Lipinski definition) is 0. The van der Waals surface area contributed by atoms with Crippen LogP contribution in [0.15, 0.2) is 193 Å². The first-order valence-electron chi connectivity index (χ1n) is 19.3. The van der Waals surface area contributed by atoms with E-state index in [4.69, 9.17) is 0 Å². The summed E-state index contributed by atoms with van der Waals surface area (Å²) < 4.78 is 2.47. The number of benzene rings is 8. The van der Waals surface area contributed by atoms with Crippen molar-refractivity contribution in [3.63, 3.8) is 0 Å². The second-order valence-electron chi connectivity index (χ2n) is 15.1. The van der Waals surface area contributed by atoms with E-state index in [-0.39, 0.29) is 0 Å². The van der Waals surface area contributed by atoms with Crippen LogP contribution in [0.3, 0.4) is 0 Å². The summed E-state index contributed by atoms with van der Waals surface area (Å²) in [6, 6.07) is 56.3. The third-order valence-electron chi connectivity index (χ3n) is 12.4. The summed E-state index contributed by atoms with van der Waals surface area (Å²) in [6.07, 6.45) is 12.8. The topological polar surface area (TPSA) is 8.17 Å². The minimum absolute atomic E-state index is 0.379. The van der Waals surface area contributed by atoms with Gasteiger partial charge in [0.25, 0.3) is 0 Å². The zero-order chi connectivity index (χ0) is 35.3. The molecule has 2 heterocycles. The first kappa shape index (κ1) is 29.9. The molecule has 0 fully saturated rings. The van der Waals surface area contributed by atoms with Gasteiger partial charge in [0.2, 0.25) is 0 Å². The van der Waals surface area contributed by atoms with E-state index >= 15 is 0 Å². The Morgan fingerprint density at radius 2 is 1.17 bits per heavy atom. The standard InChI is InChI=1S/C52H36N2/c1-2-14-37-33(12-1)13-11-23-48(37)54-50-22-10-8-20-44(50)47-31-35(25-29-52(47)54)34-24-28-51-46(30-34)43-19-7-9-21-49(43)53(51)36-26-27-42-40-17-4-3-15-38(40)39-16-5-6-18-41(39)45(42)32-36/h1-7,9-19,21-30,32,47H,8,20,31H2. The molecule has 0 N–H and O–H groups in total. The molecule has 254 valence electrons. The van der Waals surface area contributed by atoms with Crippen LogP contribution in [0.25, 0.3) is 76.2 Å². The third kappa shape index (κ3) is 4.22. The lowest BCUT2D eigenvalue weighted by atomic mass is 9.82. The molecule has 1 aromatic heterocycles. The van der Waals surface area contributed by atoms with E-state index in [9.17, 15) is 0 Å². The van der Waals surface area contributed by atoms with Gasteiger partial charge in [0.15, 0.2) is 0 Å². The normalized spacial score (nSPS) is 16.9. The second-order valence-corrected chi connectivity index (χ2v) is 15.1. The summed E-state index contributed by atoms with van der Waals surface area (Å²) in [5.41, 5.74) is 12.0. The molecule has 0 amide bonds. The fourth-order valence-electron chi connectivity index (χ4n) is 9.98. The average molecular weight is 689 g/mol. The molecule has 2 aliphatic carbocycles. The molecule has 0 spiro atoms. The van der Waals surface area contributed by atoms with Crippen molar-refractivity contribution in [1.29, 1.82) is 0 Å². The predicted molar refractivity (Wildman–Crippen MR) is 229 cm³/mol. The van der Waals surface area contributed by atoms with Gasteiger partial charge in [0.05, 0.1) is 16.7 Å². The number of nitrogens with zero attached hydrogens (tertiary/aromatic N) is 2. The molecular weight excluding hydrogens is 653 g/mol. The van der Waals surface area contributed by atoms with Crippen molar-refractivity contribution in [3.8, 4) is 5.69 Å². The van der Waals surface area contributed by atoms with E-state index in [2.05, 4.69) is 185 Å². The van der Waals surface area contributed by atoms with Crippen molar-refractivity contribution in [3.05, 3.63) is 198 Å². The van der Waals surface area contributed by atoms with Crippen molar-refractivity contribution in [1.82, 2.24) is 4.57 Å². The number of hydrogen-bond acceptors (Lipinski definition) is 1. The highest BCUT2D eigenvalue weighted by molar-refractivity contribution is 6.25. The van der Waals surface area contributed by atoms with Gasteiger partial charge in [-0.2, -0.15) is 0 Å². The molecule has 8 aromatic carbocycles. The monoisotopic (exact) mass is 688 g/mol. The molecule has 12 rings (SSSR count). The van der Waals surface area contributed by atoms with Crippen LogP contribution in [0.2, 0.25) is 0 Å².